The molecule has 2 unspecified atom stereocenters. The molecule has 0 amide bonds. The van der Waals surface area contributed by atoms with Gasteiger partial charge in [0.2, 0.25) is 0 Å². The van der Waals surface area contributed by atoms with Gasteiger partial charge in [0, 0.05) is 39.4 Å². The summed E-state index contributed by atoms with van der Waals surface area (Å²) in [5, 5.41) is 3.47. The van der Waals surface area contributed by atoms with Gasteiger partial charge < -0.3 is 14.8 Å². The maximum absolute atomic E-state index is 5.25. The van der Waals surface area contributed by atoms with Crippen LogP contribution in [0.25, 0.3) is 0 Å². The molecule has 0 aromatic rings. The molecular weight excluding hydrogens is 204 g/mol. The Morgan fingerprint density at radius 3 is 2.75 bits per heavy atom. The molecule has 0 aromatic heterocycles. The summed E-state index contributed by atoms with van der Waals surface area (Å²) in [6.07, 6.45) is 2.55. The number of nitrogens with one attached hydrogen (secondary N) is 1. The van der Waals surface area contributed by atoms with E-state index in [1.807, 2.05) is 0 Å². The zero-order valence-electron chi connectivity index (χ0n) is 10.9. The fourth-order valence-corrected chi connectivity index (χ4v) is 2.41. The normalized spacial score (nSPS) is 23.6. The van der Waals surface area contributed by atoms with Crippen molar-refractivity contribution < 1.29 is 9.47 Å². The van der Waals surface area contributed by atoms with Gasteiger partial charge in [-0.25, -0.2) is 0 Å². The Balaban J connectivity index is 2.46. The summed E-state index contributed by atoms with van der Waals surface area (Å²) < 4.78 is 10.4. The maximum atomic E-state index is 5.25. The molecule has 1 N–H and O–H groups in total. The van der Waals surface area contributed by atoms with E-state index in [4.69, 9.17) is 9.47 Å². The zero-order chi connectivity index (χ0) is 11.8. The summed E-state index contributed by atoms with van der Waals surface area (Å²) in [4.78, 5) is 2.51. The van der Waals surface area contributed by atoms with Crippen LogP contribution in [0.2, 0.25) is 0 Å². The van der Waals surface area contributed by atoms with Crippen molar-refractivity contribution in [3.63, 3.8) is 0 Å². The minimum atomic E-state index is 0.463. The van der Waals surface area contributed by atoms with Gasteiger partial charge in [-0.3, -0.25) is 4.90 Å². The lowest BCUT2D eigenvalue weighted by atomic mass is 10.0. The van der Waals surface area contributed by atoms with Crippen molar-refractivity contribution >= 4 is 0 Å². The minimum Gasteiger partial charge on any atom is -0.383 e. The minimum absolute atomic E-state index is 0.463. The predicted molar refractivity (Wildman–Crippen MR) is 65.8 cm³/mol. The number of nitrogens with zero attached hydrogens (tertiary/aromatic N) is 1. The number of hydrogen-bond donors (Lipinski definition) is 1. The average molecular weight is 230 g/mol. The Labute approximate surface area is 99.3 Å². The molecule has 1 rings (SSSR count). The second kappa shape index (κ2) is 8.01. The van der Waals surface area contributed by atoms with E-state index in [-0.39, 0.29) is 0 Å². The van der Waals surface area contributed by atoms with Gasteiger partial charge >= 0.3 is 0 Å². The van der Waals surface area contributed by atoms with Gasteiger partial charge in [-0.1, -0.05) is 0 Å². The van der Waals surface area contributed by atoms with E-state index in [1.165, 1.54) is 12.8 Å². The van der Waals surface area contributed by atoms with Crippen molar-refractivity contribution in [1.29, 1.82) is 0 Å². The van der Waals surface area contributed by atoms with E-state index in [1.54, 1.807) is 14.2 Å². The molecule has 2 atom stereocenters. The Morgan fingerprint density at radius 1 is 1.38 bits per heavy atom. The smallest absolute Gasteiger partial charge is 0.0615 e. The maximum Gasteiger partial charge on any atom is 0.0615 e. The lowest BCUT2D eigenvalue weighted by Crippen LogP contribution is -2.51. The summed E-state index contributed by atoms with van der Waals surface area (Å²) >= 11 is 0. The summed E-state index contributed by atoms with van der Waals surface area (Å²) in [6, 6.07) is 1.10. The van der Waals surface area contributed by atoms with E-state index in [9.17, 15) is 0 Å². The van der Waals surface area contributed by atoms with E-state index in [2.05, 4.69) is 17.1 Å². The van der Waals surface area contributed by atoms with Crippen LogP contribution in [-0.4, -0.2) is 64.1 Å². The highest BCUT2D eigenvalue weighted by Gasteiger charge is 2.24. The Kier molecular flexibility index (Phi) is 6.96. The molecule has 1 aliphatic heterocycles. The number of hydrogen-bond acceptors (Lipinski definition) is 4. The highest BCUT2D eigenvalue weighted by Crippen LogP contribution is 2.13. The number of methoxy groups -OCH3 is 2. The van der Waals surface area contributed by atoms with Gasteiger partial charge in [0.05, 0.1) is 13.2 Å². The van der Waals surface area contributed by atoms with Crippen molar-refractivity contribution in [2.24, 2.45) is 0 Å². The van der Waals surface area contributed by atoms with Crippen molar-refractivity contribution in [2.45, 2.75) is 31.8 Å². The predicted octanol–water partition coefficient (Wildman–Crippen LogP) is 0.722. The molecule has 0 saturated carbocycles. The molecule has 4 nitrogen and oxygen atoms in total. The molecule has 0 spiro atoms. The second-order valence-corrected chi connectivity index (χ2v) is 4.54. The van der Waals surface area contributed by atoms with Gasteiger partial charge in [-0.05, 0) is 26.3 Å². The average Bonchev–Trinajstić information content (AvgIpc) is 2.31. The topological polar surface area (TPSA) is 33.7 Å². The van der Waals surface area contributed by atoms with Crippen molar-refractivity contribution in [3.05, 3.63) is 0 Å². The first-order chi connectivity index (χ1) is 7.79. The largest absolute Gasteiger partial charge is 0.383 e. The quantitative estimate of drug-likeness (QED) is 0.699. The highest BCUT2D eigenvalue weighted by molar-refractivity contribution is 4.81. The van der Waals surface area contributed by atoms with Crippen LogP contribution < -0.4 is 5.32 Å². The van der Waals surface area contributed by atoms with Crippen LogP contribution in [0.5, 0.6) is 0 Å². The van der Waals surface area contributed by atoms with Gasteiger partial charge in [-0.15, -0.1) is 0 Å². The third-order valence-electron chi connectivity index (χ3n) is 3.27. The standard InChI is InChI=1S/C12H26N2O2/c1-11(10-16-3)14(7-8-15-2)12-5-4-6-13-9-12/h11-13H,4-10H2,1-3H3. The Morgan fingerprint density at radius 2 is 2.19 bits per heavy atom. The molecule has 0 radical (unpaired) electrons. The van der Waals surface area contributed by atoms with Crippen molar-refractivity contribution in [3.8, 4) is 0 Å². The van der Waals surface area contributed by atoms with Crippen LogP contribution in [0, 0.1) is 0 Å². The van der Waals surface area contributed by atoms with E-state index in [0.29, 0.717) is 12.1 Å². The Bertz CT molecular complexity index is 172. The van der Waals surface area contributed by atoms with Gasteiger partial charge in [0.1, 0.15) is 0 Å². The Hall–Kier alpha value is -0.160. The van der Waals surface area contributed by atoms with Crippen LogP contribution >= 0.6 is 0 Å². The van der Waals surface area contributed by atoms with Crippen LogP contribution in [0.1, 0.15) is 19.8 Å². The molecule has 0 bridgehead atoms. The third kappa shape index (κ3) is 4.37. The molecule has 1 saturated heterocycles. The van der Waals surface area contributed by atoms with Gasteiger partial charge in [0.15, 0.2) is 0 Å². The molecule has 0 aliphatic carbocycles. The monoisotopic (exact) mass is 230 g/mol. The lowest BCUT2D eigenvalue weighted by Gasteiger charge is -2.38. The molecular formula is C12H26N2O2. The fourth-order valence-electron chi connectivity index (χ4n) is 2.41. The molecule has 0 aromatic carbocycles. The SMILES string of the molecule is COCCN(C(C)COC)C1CCCNC1. The number of piperidine rings is 1. The van der Waals surface area contributed by atoms with Crippen LogP contribution in [0.3, 0.4) is 0 Å². The second-order valence-electron chi connectivity index (χ2n) is 4.54. The van der Waals surface area contributed by atoms with Gasteiger partial charge in [-0.2, -0.15) is 0 Å². The van der Waals surface area contributed by atoms with Crippen LogP contribution in [-0.2, 0) is 9.47 Å². The van der Waals surface area contributed by atoms with Crippen LogP contribution in [0.15, 0.2) is 0 Å². The van der Waals surface area contributed by atoms with Crippen molar-refractivity contribution in [1.82, 2.24) is 10.2 Å². The summed E-state index contributed by atoms with van der Waals surface area (Å²) in [7, 11) is 3.53. The molecule has 1 aliphatic rings. The zero-order valence-corrected chi connectivity index (χ0v) is 10.9. The van der Waals surface area contributed by atoms with E-state index >= 15 is 0 Å². The molecule has 16 heavy (non-hydrogen) atoms. The summed E-state index contributed by atoms with van der Waals surface area (Å²) in [5.74, 6) is 0. The van der Waals surface area contributed by atoms with Crippen molar-refractivity contribution in [2.75, 3.05) is 47.1 Å². The molecule has 4 heteroatoms. The highest BCUT2D eigenvalue weighted by atomic mass is 16.5. The first-order valence-corrected chi connectivity index (χ1v) is 6.24. The van der Waals surface area contributed by atoms with Gasteiger partial charge in [0.25, 0.3) is 0 Å². The van der Waals surface area contributed by atoms with E-state index < -0.39 is 0 Å². The first-order valence-electron chi connectivity index (χ1n) is 6.24. The fraction of sp³-hybridized carbons (Fsp3) is 1.00. The lowest BCUT2D eigenvalue weighted by molar-refractivity contribution is 0.0394. The van der Waals surface area contributed by atoms with Crippen LogP contribution in [0.4, 0.5) is 0 Å². The third-order valence-corrected chi connectivity index (χ3v) is 3.27. The first kappa shape index (κ1) is 13.9. The molecule has 96 valence electrons. The summed E-state index contributed by atoms with van der Waals surface area (Å²) in [5.41, 5.74) is 0. The van der Waals surface area contributed by atoms with E-state index in [0.717, 1.165) is 32.8 Å². The molecule has 1 heterocycles. The summed E-state index contributed by atoms with van der Waals surface area (Å²) in [6.45, 7) is 7.07. The number of ether oxygens (including phenoxy) is 2. The molecule has 1 fully saturated rings. The number of rotatable bonds is 7.